The van der Waals surface area contributed by atoms with Gasteiger partial charge in [-0.05, 0) is 45.3 Å². The predicted molar refractivity (Wildman–Crippen MR) is 91.9 cm³/mol. The van der Waals surface area contributed by atoms with Crippen LogP contribution in [0, 0.1) is 5.82 Å². The van der Waals surface area contributed by atoms with Gasteiger partial charge in [0.15, 0.2) is 11.5 Å². The highest BCUT2D eigenvalue weighted by Gasteiger charge is 2.28. The fourth-order valence-corrected chi connectivity index (χ4v) is 3.31. The van der Waals surface area contributed by atoms with Crippen molar-refractivity contribution in [2.45, 2.75) is 13.1 Å². The van der Waals surface area contributed by atoms with Crippen LogP contribution in [0.5, 0.6) is 11.5 Å². The molecule has 1 heterocycles. The fraction of sp³-hybridized carbons (Fsp3) is 0.222. The molecule has 3 rings (SSSR count). The normalized spacial score (nSPS) is 13.2. The van der Waals surface area contributed by atoms with Crippen molar-refractivity contribution in [1.82, 2.24) is 4.90 Å². The van der Waals surface area contributed by atoms with Crippen LogP contribution < -0.4 is 9.47 Å². The van der Waals surface area contributed by atoms with Crippen LogP contribution in [0.1, 0.15) is 16.7 Å². The number of rotatable bonds is 4. The molecule has 0 saturated heterocycles. The summed E-state index contributed by atoms with van der Waals surface area (Å²) in [4.78, 5) is 2.15. The van der Waals surface area contributed by atoms with Crippen molar-refractivity contribution in [3.05, 3.63) is 63.9 Å². The fourth-order valence-electron chi connectivity index (χ4n) is 2.88. The van der Waals surface area contributed by atoms with Gasteiger partial charge < -0.3 is 14.4 Å². The Morgan fingerprint density at radius 1 is 1.22 bits per heavy atom. The highest BCUT2D eigenvalue weighted by Crippen LogP contribution is 2.43. The molecule has 2 aromatic carbocycles. The van der Waals surface area contributed by atoms with Crippen LogP contribution in [0.15, 0.2) is 41.4 Å². The summed E-state index contributed by atoms with van der Waals surface area (Å²) in [6.45, 7) is 5.59. The van der Waals surface area contributed by atoms with Gasteiger partial charge in [0.2, 0.25) is 0 Å². The molecule has 0 atom stereocenters. The first-order chi connectivity index (χ1) is 11.0. The lowest BCUT2D eigenvalue weighted by molar-refractivity contribution is 0.353. The minimum absolute atomic E-state index is 0.260. The van der Waals surface area contributed by atoms with Gasteiger partial charge >= 0.3 is 0 Å². The molecule has 0 aromatic heterocycles. The van der Waals surface area contributed by atoms with Crippen molar-refractivity contribution in [3.63, 3.8) is 0 Å². The second-order valence-electron chi connectivity index (χ2n) is 5.39. The molecule has 2 aromatic rings. The molecule has 3 nitrogen and oxygen atoms in total. The number of halogens is 2. The summed E-state index contributed by atoms with van der Waals surface area (Å²) in [6, 6.07) is 8.98. The predicted octanol–water partition coefficient (Wildman–Crippen LogP) is 4.59. The van der Waals surface area contributed by atoms with Gasteiger partial charge in [-0.3, -0.25) is 0 Å². The van der Waals surface area contributed by atoms with Crippen molar-refractivity contribution in [2.75, 3.05) is 14.2 Å². The Labute approximate surface area is 143 Å². The molecule has 5 heteroatoms. The van der Waals surface area contributed by atoms with E-state index < -0.39 is 0 Å². The molecular formula is C18H17BrFNO2. The van der Waals surface area contributed by atoms with E-state index in [1.54, 1.807) is 26.4 Å². The molecular weight excluding hydrogens is 361 g/mol. The van der Waals surface area contributed by atoms with Crippen LogP contribution in [0.2, 0.25) is 0 Å². The van der Waals surface area contributed by atoms with Crippen LogP contribution in [0.4, 0.5) is 4.39 Å². The largest absolute Gasteiger partial charge is 0.493 e. The van der Waals surface area contributed by atoms with Crippen molar-refractivity contribution in [2.24, 2.45) is 0 Å². The lowest BCUT2D eigenvalue weighted by atomic mass is 10.1. The highest BCUT2D eigenvalue weighted by atomic mass is 79.9. The zero-order chi connectivity index (χ0) is 16.6. The van der Waals surface area contributed by atoms with E-state index in [0.29, 0.717) is 22.5 Å². The Kier molecular flexibility index (Phi) is 4.31. The SMILES string of the molecule is C=C1c2c(ccc(OC)c2OC)CN1Cc1ccc(F)c(Br)c1. The average Bonchev–Trinajstić information content (AvgIpc) is 2.86. The maximum absolute atomic E-state index is 13.4. The van der Waals surface area contributed by atoms with Gasteiger partial charge in [0.1, 0.15) is 5.82 Å². The van der Waals surface area contributed by atoms with Crippen LogP contribution in [-0.2, 0) is 13.1 Å². The van der Waals surface area contributed by atoms with Gasteiger partial charge in [0.25, 0.3) is 0 Å². The van der Waals surface area contributed by atoms with E-state index in [2.05, 4.69) is 27.4 Å². The number of hydrogen-bond acceptors (Lipinski definition) is 3. The van der Waals surface area contributed by atoms with E-state index >= 15 is 0 Å². The quantitative estimate of drug-likeness (QED) is 0.777. The summed E-state index contributed by atoms with van der Waals surface area (Å²) in [7, 11) is 3.25. The minimum atomic E-state index is -0.260. The third kappa shape index (κ3) is 2.81. The van der Waals surface area contributed by atoms with E-state index in [-0.39, 0.29) is 5.82 Å². The molecule has 0 bridgehead atoms. The molecule has 1 aliphatic heterocycles. The Morgan fingerprint density at radius 3 is 2.65 bits per heavy atom. The molecule has 0 aliphatic carbocycles. The Morgan fingerprint density at radius 2 is 2.00 bits per heavy atom. The van der Waals surface area contributed by atoms with Crippen LogP contribution >= 0.6 is 15.9 Å². The van der Waals surface area contributed by atoms with E-state index in [9.17, 15) is 4.39 Å². The van der Waals surface area contributed by atoms with E-state index in [1.807, 2.05) is 12.1 Å². The smallest absolute Gasteiger partial charge is 0.170 e. The molecule has 23 heavy (non-hydrogen) atoms. The molecule has 120 valence electrons. The van der Waals surface area contributed by atoms with Crippen LogP contribution in [-0.4, -0.2) is 19.1 Å². The first-order valence-electron chi connectivity index (χ1n) is 7.17. The zero-order valence-electron chi connectivity index (χ0n) is 13.0. The molecule has 0 unspecified atom stereocenters. The van der Waals surface area contributed by atoms with Crippen LogP contribution in [0.3, 0.4) is 0 Å². The minimum Gasteiger partial charge on any atom is -0.493 e. The summed E-state index contributed by atoms with van der Waals surface area (Å²) in [5.41, 5.74) is 4.02. The van der Waals surface area contributed by atoms with Gasteiger partial charge in [-0.2, -0.15) is 0 Å². The zero-order valence-corrected chi connectivity index (χ0v) is 14.6. The molecule has 0 radical (unpaired) electrons. The van der Waals surface area contributed by atoms with E-state index in [4.69, 9.17) is 9.47 Å². The number of ether oxygens (including phenoxy) is 2. The lowest BCUT2D eigenvalue weighted by Crippen LogP contribution is -2.14. The van der Waals surface area contributed by atoms with Gasteiger partial charge in [-0.1, -0.05) is 18.7 Å². The Bertz CT molecular complexity index is 776. The van der Waals surface area contributed by atoms with Gasteiger partial charge in [-0.25, -0.2) is 4.39 Å². The van der Waals surface area contributed by atoms with Crippen molar-refractivity contribution >= 4 is 21.6 Å². The number of benzene rings is 2. The molecule has 0 fully saturated rings. The number of hydrogen-bond donors (Lipinski definition) is 0. The third-order valence-corrected chi connectivity index (χ3v) is 4.63. The first kappa shape index (κ1) is 15.9. The van der Waals surface area contributed by atoms with E-state index in [0.717, 1.165) is 28.9 Å². The molecule has 0 saturated carbocycles. The van der Waals surface area contributed by atoms with Gasteiger partial charge in [0, 0.05) is 24.4 Å². The second-order valence-corrected chi connectivity index (χ2v) is 6.24. The topological polar surface area (TPSA) is 21.7 Å². The third-order valence-electron chi connectivity index (χ3n) is 4.02. The maximum atomic E-state index is 13.4. The van der Waals surface area contributed by atoms with Crippen LogP contribution in [0.25, 0.3) is 5.70 Å². The van der Waals surface area contributed by atoms with Crippen molar-refractivity contribution < 1.29 is 13.9 Å². The maximum Gasteiger partial charge on any atom is 0.170 e. The number of methoxy groups -OCH3 is 2. The second kappa shape index (κ2) is 6.24. The summed E-state index contributed by atoms with van der Waals surface area (Å²) in [5, 5.41) is 0. The van der Waals surface area contributed by atoms with E-state index in [1.165, 1.54) is 6.07 Å². The van der Waals surface area contributed by atoms with Crippen molar-refractivity contribution in [3.8, 4) is 11.5 Å². The van der Waals surface area contributed by atoms with Crippen molar-refractivity contribution in [1.29, 1.82) is 0 Å². The Balaban J connectivity index is 1.90. The molecule has 0 amide bonds. The molecule has 0 N–H and O–H groups in total. The lowest BCUT2D eigenvalue weighted by Gasteiger charge is -2.20. The summed E-state index contributed by atoms with van der Waals surface area (Å²) in [5.74, 6) is 1.14. The number of nitrogens with zero attached hydrogens (tertiary/aromatic N) is 1. The molecule has 0 spiro atoms. The highest BCUT2D eigenvalue weighted by molar-refractivity contribution is 9.10. The van der Waals surface area contributed by atoms with Gasteiger partial charge in [-0.15, -0.1) is 0 Å². The average molecular weight is 378 g/mol. The Hall–Kier alpha value is -2.01. The summed E-state index contributed by atoms with van der Waals surface area (Å²) < 4.78 is 24.7. The summed E-state index contributed by atoms with van der Waals surface area (Å²) >= 11 is 3.23. The standard InChI is InChI=1S/C18H17BrFNO2/c1-11-17-13(5-7-16(22-2)18(17)23-3)10-21(11)9-12-4-6-15(20)14(19)8-12/h4-8H,1,9-10H2,2-3H3. The molecule has 1 aliphatic rings. The first-order valence-corrected chi connectivity index (χ1v) is 7.96. The monoisotopic (exact) mass is 377 g/mol. The number of fused-ring (bicyclic) bond motifs is 1. The summed E-state index contributed by atoms with van der Waals surface area (Å²) in [6.07, 6.45) is 0. The van der Waals surface area contributed by atoms with Gasteiger partial charge in [0.05, 0.1) is 18.7 Å².